The van der Waals surface area contributed by atoms with Crippen molar-refractivity contribution in [2.45, 2.75) is 65.5 Å². The molecule has 0 amide bonds. The zero-order valence-corrected chi connectivity index (χ0v) is 25.4. The Labute approximate surface area is 243 Å². The standard InChI is InChI=1S/C27H50O14/c1-26(2,3)40-24(30)20-36-13-11-32-7-9-34-15-17-38-22(28)19-23(29)39-18-16-35-10-8-33-12-14-37-21-25(31)41-27(4,5)6/h22,28H,7-21H2,1-6H3. The second-order valence-electron chi connectivity index (χ2n) is 10.5. The molecule has 0 saturated heterocycles. The summed E-state index contributed by atoms with van der Waals surface area (Å²) in [5, 5.41) is 9.75. The van der Waals surface area contributed by atoms with Crippen molar-refractivity contribution in [1.82, 2.24) is 0 Å². The number of rotatable bonds is 25. The fourth-order valence-corrected chi connectivity index (χ4v) is 2.65. The zero-order chi connectivity index (χ0) is 31.0. The number of carbonyl (C=O) groups is 3. The summed E-state index contributed by atoms with van der Waals surface area (Å²) in [6.07, 6.45) is -1.63. The summed E-state index contributed by atoms with van der Waals surface area (Å²) in [7, 11) is 0. The number of ether oxygens (including phenoxy) is 10. The van der Waals surface area contributed by atoms with Crippen LogP contribution in [0.25, 0.3) is 0 Å². The third-order valence-corrected chi connectivity index (χ3v) is 4.14. The van der Waals surface area contributed by atoms with E-state index in [1.807, 2.05) is 0 Å². The van der Waals surface area contributed by atoms with E-state index in [2.05, 4.69) is 0 Å². The van der Waals surface area contributed by atoms with Gasteiger partial charge in [0.25, 0.3) is 0 Å². The molecule has 14 heteroatoms. The van der Waals surface area contributed by atoms with Crippen LogP contribution < -0.4 is 0 Å². The van der Waals surface area contributed by atoms with Crippen LogP contribution in [0.1, 0.15) is 48.0 Å². The molecule has 0 fully saturated rings. The molecule has 14 nitrogen and oxygen atoms in total. The Morgan fingerprint density at radius 1 is 0.512 bits per heavy atom. The lowest BCUT2D eigenvalue weighted by Crippen LogP contribution is -2.27. The predicted molar refractivity (Wildman–Crippen MR) is 144 cm³/mol. The van der Waals surface area contributed by atoms with Crippen molar-refractivity contribution >= 4 is 17.9 Å². The van der Waals surface area contributed by atoms with Gasteiger partial charge in [-0.3, -0.25) is 4.79 Å². The third-order valence-electron chi connectivity index (χ3n) is 4.14. The van der Waals surface area contributed by atoms with Crippen molar-refractivity contribution in [2.75, 3.05) is 92.5 Å². The van der Waals surface area contributed by atoms with Gasteiger partial charge in [0.15, 0.2) is 6.29 Å². The fourth-order valence-electron chi connectivity index (χ4n) is 2.65. The lowest BCUT2D eigenvalue weighted by Gasteiger charge is -2.19. The summed E-state index contributed by atoms with van der Waals surface area (Å²) in [5.41, 5.74) is -1.09. The Morgan fingerprint density at radius 2 is 0.854 bits per heavy atom. The average Bonchev–Trinajstić information content (AvgIpc) is 2.83. The highest BCUT2D eigenvalue weighted by molar-refractivity contribution is 5.71. The van der Waals surface area contributed by atoms with Gasteiger partial charge in [-0.25, -0.2) is 9.59 Å². The minimum absolute atomic E-state index is 0.0275. The highest BCUT2D eigenvalue weighted by Gasteiger charge is 2.17. The maximum atomic E-state index is 11.7. The van der Waals surface area contributed by atoms with Crippen molar-refractivity contribution in [1.29, 1.82) is 0 Å². The first-order valence-electron chi connectivity index (χ1n) is 13.6. The molecule has 0 aliphatic rings. The molecule has 0 radical (unpaired) electrons. The number of hydrogen-bond donors (Lipinski definition) is 1. The van der Waals surface area contributed by atoms with Gasteiger partial charge in [-0.05, 0) is 41.5 Å². The molecule has 41 heavy (non-hydrogen) atoms. The SMILES string of the molecule is CC(C)(C)OC(=O)COCCOCCOCCOC(=O)CC(O)OCCOCCOCCOCC(=O)OC(C)(C)C. The number of carbonyl (C=O) groups excluding carboxylic acids is 3. The second-order valence-corrected chi connectivity index (χ2v) is 10.5. The van der Waals surface area contributed by atoms with E-state index in [9.17, 15) is 19.5 Å². The fraction of sp³-hybridized carbons (Fsp3) is 0.889. The molecule has 0 saturated carbocycles. The molecular formula is C27H50O14. The number of aliphatic hydroxyl groups is 1. The molecule has 0 aliphatic heterocycles. The van der Waals surface area contributed by atoms with Crippen molar-refractivity contribution in [2.24, 2.45) is 0 Å². The van der Waals surface area contributed by atoms with E-state index >= 15 is 0 Å². The first-order valence-corrected chi connectivity index (χ1v) is 13.6. The number of aliphatic hydroxyl groups excluding tert-OH is 1. The molecule has 242 valence electrons. The molecule has 0 heterocycles. The van der Waals surface area contributed by atoms with Gasteiger partial charge in [-0.15, -0.1) is 0 Å². The molecule has 0 rings (SSSR count). The minimum atomic E-state index is -1.31. The number of hydrogen-bond acceptors (Lipinski definition) is 14. The first kappa shape index (κ1) is 39.1. The van der Waals surface area contributed by atoms with E-state index < -0.39 is 35.4 Å². The quantitative estimate of drug-likeness (QED) is 0.0686. The van der Waals surface area contributed by atoms with Crippen LogP contribution in [-0.4, -0.2) is 133 Å². The van der Waals surface area contributed by atoms with Crippen LogP contribution >= 0.6 is 0 Å². The lowest BCUT2D eigenvalue weighted by molar-refractivity contribution is -0.162. The first-order chi connectivity index (χ1) is 19.3. The Bertz CT molecular complexity index is 686. The Balaban J connectivity index is 3.43. The van der Waals surface area contributed by atoms with Crippen molar-refractivity contribution in [3.63, 3.8) is 0 Å². The summed E-state index contributed by atoms with van der Waals surface area (Å²) in [6, 6.07) is 0. The minimum Gasteiger partial charge on any atom is -0.463 e. The highest BCUT2D eigenvalue weighted by Crippen LogP contribution is 2.07. The van der Waals surface area contributed by atoms with Gasteiger partial charge in [-0.1, -0.05) is 0 Å². The molecule has 0 aliphatic carbocycles. The second kappa shape index (κ2) is 23.6. The Hall–Kier alpha value is -1.91. The molecule has 1 atom stereocenters. The van der Waals surface area contributed by atoms with Crippen molar-refractivity contribution in [3.8, 4) is 0 Å². The summed E-state index contributed by atoms with van der Waals surface area (Å²) in [5.74, 6) is -1.48. The smallest absolute Gasteiger partial charge is 0.332 e. The van der Waals surface area contributed by atoms with E-state index in [0.717, 1.165) is 0 Å². The summed E-state index contributed by atoms with van der Waals surface area (Å²) in [4.78, 5) is 34.7. The van der Waals surface area contributed by atoms with E-state index in [4.69, 9.17) is 47.4 Å². The van der Waals surface area contributed by atoms with Gasteiger partial charge < -0.3 is 52.5 Å². The van der Waals surface area contributed by atoms with Crippen LogP contribution in [0.4, 0.5) is 0 Å². The molecule has 0 aromatic heterocycles. The largest absolute Gasteiger partial charge is 0.463 e. The molecule has 1 N–H and O–H groups in total. The maximum absolute atomic E-state index is 11.7. The molecule has 0 aromatic carbocycles. The van der Waals surface area contributed by atoms with Crippen LogP contribution in [0.5, 0.6) is 0 Å². The van der Waals surface area contributed by atoms with Gasteiger partial charge in [-0.2, -0.15) is 0 Å². The Morgan fingerprint density at radius 3 is 1.24 bits per heavy atom. The summed E-state index contributed by atoms with van der Waals surface area (Å²) >= 11 is 0. The normalized spacial score (nSPS) is 12.7. The van der Waals surface area contributed by atoms with Gasteiger partial charge >= 0.3 is 17.9 Å². The molecule has 1 unspecified atom stereocenters. The monoisotopic (exact) mass is 598 g/mol. The molecule has 0 spiro atoms. The van der Waals surface area contributed by atoms with Gasteiger partial charge in [0.1, 0.15) is 31.0 Å². The summed E-state index contributed by atoms with van der Waals surface area (Å²) < 4.78 is 51.9. The maximum Gasteiger partial charge on any atom is 0.332 e. The number of esters is 3. The van der Waals surface area contributed by atoms with Crippen LogP contribution in [0, 0.1) is 0 Å². The van der Waals surface area contributed by atoms with E-state index in [-0.39, 0.29) is 59.3 Å². The van der Waals surface area contributed by atoms with Gasteiger partial charge in [0.05, 0.1) is 79.1 Å². The Kier molecular flexibility index (Phi) is 22.5. The van der Waals surface area contributed by atoms with Crippen LogP contribution in [0.2, 0.25) is 0 Å². The predicted octanol–water partition coefficient (Wildman–Crippen LogP) is 1.04. The molecular weight excluding hydrogens is 548 g/mol. The van der Waals surface area contributed by atoms with Crippen LogP contribution in [-0.2, 0) is 61.8 Å². The zero-order valence-electron chi connectivity index (χ0n) is 25.4. The molecule has 0 bridgehead atoms. The third kappa shape index (κ3) is 30.9. The van der Waals surface area contributed by atoms with E-state index in [1.165, 1.54) is 0 Å². The van der Waals surface area contributed by atoms with Crippen LogP contribution in [0.15, 0.2) is 0 Å². The summed E-state index contributed by atoms with van der Waals surface area (Å²) in [6.45, 7) is 13.3. The molecule has 0 aromatic rings. The van der Waals surface area contributed by atoms with E-state index in [0.29, 0.717) is 39.6 Å². The van der Waals surface area contributed by atoms with Crippen molar-refractivity contribution in [3.05, 3.63) is 0 Å². The van der Waals surface area contributed by atoms with Gasteiger partial charge in [0, 0.05) is 0 Å². The topological polar surface area (TPSA) is 164 Å². The van der Waals surface area contributed by atoms with Gasteiger partial charge in [0.2, 0.25) is 0 Å². The average molecular weight is 599 g/mol. The van der Waals surface area contributed by atoms with Crippen LogP contribution in [0.3, 0.4) is 0 Å². The van der Waals surface area contributed by atoms with E-state index in [1.54, 1.807) is 41.5 Å². The van der Waals surface area contributed by atoms with Crippen molar-refractivity contribution < 1.29 is 66.9 Å². The highest BCUT2D eigenvalue weighted by atomic mass is 16.6. The lowest BCUT2D eigenvalue weighted by atomic mass is 10.2.